The summed E-state index contributed by atoms with van der Waals surface area (Å²) in [6.07, 6.45) is 3.74. The highest BCUT2D eigenvalue weighted by Gasteiger charge is 2.34. The minimum absolute atomic E-state index is 0.0156. The van der Waals surface area contributed by atoms with Crippen molar-refractivity contribution in [2.45, 2.75) is 51.2 Å². The van der Waals surface area contributed by atoms with Crippen LogP contribution in [0.1, 0.15) is 39.5 Å². The molecule has 3 N–H and O–H groups in total. The summed E-state index contributed by atoms with van der Waals surface area (Å²) in [7, 11) is 0. The number of nitrogen functional groups attached to an aromatic ring is 1. The number of hydrogen-bond donors (Lipinski definition) is 2. The molecule has 1 unspecified atom stereocenters. The molecular weight excluding hydrogens is 270 g/mol. The average Bonchev–Trinajstić information content (AvgIpc) is 2.46. The van der Waals surface area contributed by atoms with E-state index in [2.05, 4.69) is 19.2 Å². The Morgan fingerprint density at radius 3 is 2.76 bits per heavy atom. The van der Waals surface area contributed by atoms with Gasteiger partial charge >= 0.3 is 0 Å². The molecule has 6 nitrogen and oxygen atoms in total. The first kappa shape index (κ1) is 15.6. The Bertz CT molecular complexity index is 515. The average molecular weight is 293 g/mol. The number of nitro benzene ring substituents is 1. The predicted molar refractivity (Wildman–Crippen MR) is 83.4 cm³/mol. The van der Waals surface area contributed by atoms with Gasteiger partial charge in [0.15, 0.2) is 0 Å². The molecule has 1 aromatic carbocycles. The van der Waals surface area contributed by atoms with Crippen LogP contribution in [-0.2, 0) is 4.74 Å². The lowest BCUT2D eigenvalue weighted by Gasteiger charge is -2.40. The van der Waals surface area contributed by atoms with Gasteiger partial charge < -0.3 is 15.8 Å². The molecule has 1 aliphatic rings. The van der Waals surface area contributed by atoms with Crippen molar-refractivity contribution >= 4 is 17.1 Å². The van der Waals surface area contributed by atoms with Crippen LogP contribution < -0.4 is 11.1 Å². The summed E-state index contributed by atoms with van der Waals surface area (Å²) in [5.74, 6) is 0. The van der Waals surface area contributed by atoms with Crippen molar-refractivity contribution in [3.8, 4) is 0 Å². The zero-order valence-corrected chi connectivity index (χ0v) is 12.6. The van der Waals surface area contributed by atoms with E-state index in [1.165, 1.54) is 12.1 Å². The van der Waals surface area contributed by atoms with E-state index in [-0.39, 0.29) is 17.3 Å². The van der Waals surface area contributed by atoms with Crippen LogP contribution in [0.4, 0.5) is 17.1 Å². The van der Waals surface area contributed by atoms with Crippen molar-refractivity contribution in [1.82, 2.24) is 0 Å². The lowest BCUT2D eigenvalue weighted by atomic mass is 9.86. The van der Waals surface area contributed by atoms with Crippen LogP contribution in [0.25, 0.3) is 0 Å². The van der Waals surface area contributed by atoms with Crippen molar-refractivity contribution < 1.29 is 9.66 Å². The summed E-state index contributed by atoms with van der Waals surface area (Å²) in [6.45, 7) is 4.98. The number of non-ortho nitro benzene ring substituents is 1. The number of nitrogens with zero attached hydrogens (tertiary/aromatic N) is 1. The van der Waals surface area contributed by atoms with Crippen molar-refractivity contribution in [1.29, 1.82) is 0 Å². The second-order valence-corrected chi connectivity index (χ2v) is 5.64. The molecule has 0 spiro atoms. The molecule has 1 heterocycles. The minimum atomic E-state index is -0.423. The van der Waals surface area contributed by atoms with E-state index in [0.29, 0.717) is 18.0 Å². The van der Waals surface area contributed by atoms with Gasteiger partial charge in [0.05, 0.1) is 10.5 Å². The molecular formula is C15H23N3O3. The summed E-state index contributed by atoms with van der Waals surface area (Å²) in [5.41, 5.74) is 6.78. The van der Waals surface area contributed by atoms with Gasteiger partial charge in [-0.15, -0.1) is 0 Å². The molecule has 116 valence electrons. The highest BCUT2D eigenvalue weighted by atomic mass is 16.6. The van der Waals surface area contributed by atoms with Crippen molar-refractivity contribution in [3.05, 3.63) is 28.3 Å². The Hall–Kier alpha value is -1.82. The maximum atomic E-state index is 10.9. The quantitative estimate of drug-likeness (QED) is 0.493. The third kappa shape index (κ3) is 3.64. The molecule has 1 saturated heterocycles. The van der Waals surface area contributed by atoms with E-state index in [4.69, 9.17) is 10.5 Å². The minimum Gasteiger partial charge on any atom is -0.398 e. The lowest BCUT2D eigenvalue weighted by Crippen LogP contribution is -2.43. The van der Waals surface area contributed by atoms with Gasteiger partial charge in [0.25, 0.3) is 5.69 Å². The molecule has 21 heavy (non-hydrogen) atoms. The van der Waals surface area contributed by atoms with Gasteiger partial charge in [-0.25, -0.2) is 0 Å². The second-order valence-electron chi connectivity index (χ2n) is 5.64. The first-order valence-corrected chi connectivity index (χ1v) is 7.43. The van der Waals surface area contributed by atoms with Gasteiger partial charge in [0.1, 0.15) is 0 Å². The molecule has 0 saturated carbocycles. The molecule has 2 rings (SSSR count). The van der Waals surface area contributed by atoms with E-state index in [1.807, 2.05) is 0 Å². The third-order valence-electron chi connectivity index (χ3n) is 4.30. The Morgan fingerprint density at radius 1 is 1.43 bits per heavy atom. The number of ether oxygens (including phenoxy) is 1. The van der Waals surface area contributed by atoms with Crippen LogP contribution in [0.2, 0.25) is 0 Å². The fraction of sp³-hybridized carbons (Fsp3) is 0.600. The van der Waals surface area contributed by atoms with E-state index in [1.54, 1.807) is 6.07 Å². The van der Waals surface area contributed by atoms with Gasteiger partial charge in [-0.1, -0.05) is 13.8 Å². The van der Waals surface area contributed by atoms with Crippen LogP contribution in [0.3, 0.4) is 0 Å². The normalized spacial score (nSPS) is 21.0. The molecule has 1 fully saturated rings. The van der Waals surface area contributed by atoms with E-state index in [0.717, 1.165) is 25.7 Å². The molecule has 1 aliphatic heterocycles. The van der Waals surface area contributed by atoms with Gasteiger partial charge in [0, 0.05) is 36.2 Å². The number of rotatable bonds is 5. The Kier molecular flexibility index (Phi) is 4.67. The Labute approximate surface area is 124 Å². The van der Waals surface area contributed by atoms with Gasteiger partial charge in [-0.2, -0.15) is 0 Å². The largest absolute Gasteiger partial charge is 0.398 e. The number of nitro groups is 1. The first-order chi connectivity index (χ1) is 9.98. The van der Waals surface area contributed by atoms with Crippen LogP contribution in [0, 0.1) is 10.1 Å². The highest BCUT2D eigenvalue weighted by molar-refractivity contribution is 5.61. The van der Waals surface area contributed by atoms with Crippen LogP contribution in [0.15, 0.2) is 18.2 Å². The van der Waals surface area contributed by atoms with Crippen molar-refractivity contribution in [3.63, 3.8) is 0 Å². The van der Waals surface area contributed by atoms with Crippen LogP contribution >= 0.6 is 0 Å². The second kappa shape index (κ2) is 6.30. The Morgan fingerprint density at radius 2 is 2.14 bits per heavy atom. The van der Waals surface area contributed by atoms with E-state index < -0.39 is 4.92 Å². The third-order valence-corrected chi connectivity index (χ3v) is 4.30. The number of nitrogens with two attached hydrogens (primary N) is 1. The highest BCUT2D eigenvalue weighted by Crippen LogP contribution is 2.33. The van der Waals surface area contributed by atoms with Crippen molar-refractivity contribution in [2.24, 2.45) is 0 Å². The standard InChI is InChI=1S/C15H23N3O3/c1-3-15(4-2)10-12(5-6-21-15)17-13-7-11(16)8-14(9-13)18(19)20/h7-9,12,17H,3-6,10,16H2,1-2H3. The van der Waals surface area contributed by atoms with Gasteiger partial charge in [0.2, 0.25) is 0 Å². The number of benzene rings is 1. The summed E-state index contributed by atoms with van der Waals surface area (Å²) in [4.78, 5) is 10.5. The number of hydrogen-bond acceptors (Lipinski definition) is 5. The SMILES string of the molecule is CCC1(CC)CC(Nc2cc(N)cc([N+](=O)[O-])c2)CCO1. The fourth-order valence-electron chi connectivity index (χ4n) is 2.95. The fourth-order valence-corrected chi connectivity index (χ4v) is 2.95. The first-order valence-electron chi connectivity index (χ1n) is 7.43. The molecule has 0 aromatic heterocycles. The number of nitrogens with one attached hydrogen (secondary N) is 1. The molecule has 1 aromatic rings. The van der Waals surface area contributed by atoms with Crippen LogP contribution in [-0.4, -0.2) is 23.2 Å². The van der Waals surface area contributed by atoms with E-state index in [9.17, 15) is 10.1 Å². The van der Waals surface area contributed by atoms with Crippen molar-refractivity contribution in [2.75, 3.05) is 17.7 Å². The van der Waals surface area contributed by atoms with E-state index >= 15 is 0 Å². The summed E-state index contributed by atoms with van der Waals surface area (Å²) in [5, 5.41) is 14.3. The van der Waals surface area contributed by atoms with Crippen LogP contribution in [0.5, 0.6) is 0 Å². The van der Waals surface area contributed by atoms with Gasteiger partial charge in [-0.05, 0) is 31.7 Å². The maximum Gasteiger partial charge on any atom is 0.273 e. The predicted octanol–water partition coefficient (Wildman–Crippen LogP) is 3.33. The maximum absolute atomic E-state index is 10.9. The zero-order valence-electron chi connectivity index (χ0n) is 12.6. The lowest BCUT2D eigenvalue weighted by molar-refractivity contribution is -0.384. The molecule has 0 bridgehead atoms. The number of anilines is 2. The Balaban J connectivity index is 2.12. The smallest absolute Gasteiger partial charge is 0.273 e. The summed E-state index contributed by atoms with van der Waals surface area (Å²) >= 11 is 0. The molecule has 6 heteroatoms. The molecule has 0 aliphatic carbocycles. The topological polar surface area (TPSA) is 90.4 Å². The summed E-state index contributed by atoms with van der Waals surface area (Å²) in [6, 6.07) is 4.89. The molecule has 0 amide bonds. The monoisotopic (exact) mass is 293 g/mol. The van der Waals surface area contributed by atoms with Gasteiger partial charge in [-0.3, -0.25) is 10.1 Å². The molecule has 0 radical (unpaired) electrons. The molecule has 1 atom stereocenters. The zero-order chi connectivity index (χ0) is 15.5. The summed E-state index contributed by atoms with van der Waals surface area (Å²) < 4.78 is 5.94.